The molecule has 1 heterocycles. The van der Waals surface area contributed by atoms with Gasteiger partial charge in [0.1, 0.15) is 0 Å². The Hall–Kier alpha value is -1.72. The normalized spacial score (nSPS) is 12.2. The summed E-state index contributed by atoms with van der Waals surface area (Å²) in [6.45, 7) is 2.52. The molecular formula is C15H19N3OS. The molecule has 20 heavy (non-hydrogen) atoms. The van der Waals surface area contributed by atoms with Gasteiger partial charge in [0, 0.05) is 18.1 Å². The van der Waals surface area contributed by atoms with Crippen molar-refractivity contribution in [2.75, 3.05) is 7.05 Å². The molecule has 0 aliphatic carbocycles. The number of hydrogen-bond donors (Lipinski definition) is 1. The minimum Gasteiger partial charge on any atom is -0.339 e. The van der Waals surface area contributed by atoms with Crippen LogP contribution in [0.25, 0.3) is 0 Å². The van der Waals surface area contributed by atoms with Gasteiger partial charge in [-0.25, -0.2) is 4.98 Å². The van der Waals surface area contributed by atoms with E-state index in [0.29, 0.717) is 13.0 Å². The highest BCUT2D eigenvalue weighted by atomic mass is 32.1. The van der Waals surface area contributed by atoms with E-state index in [9.17, 15) is 4.79 Å². The summed E-state index contributed by atoms with van der Waals surface area (Å²) < 4.78 is 0. The van der Waals surface area contributed by atoms with Crippen LogP contribution in [0.4, 0.5) is 0 Å². The van der Waals surface area contributed by atoms with Crippen LogP contribution in [0.2, 0.25) is 0 Å². The molecule has 0 aliphatic heterocycles. The van der Waals surface area contributed by atoms with Crippen molar-refractivity contribution >= 4 is 17.2 Å². The van der Waals surface area contributed by atoms with E-state index in [2.05, 4.69) is 4.98 Å². The lowest BCUT2D eigenvalue weighted by Gasteiger charge is -2.20. The summed E-state index contributed by atoms with van der Waals surface area (Å²) >= 11 is 1.60. The Balaban J connectivity index is 1.92. The summed E-state index contributed by atoms with van der Waals surface area (Å²) in [5, 5.41) is 1.01. The first-order valence-electron chi connectivity index (χ1n) is 6.52. The van der Waals surface area contributed by atoms with Crippen molar-refractivity contribution in [3.63, 3.8) is 0 Å². The lowest BCUT2D eigenvalue weighted by Crippen LogP contribution is -2.42. The van der Waals surface area contributed by atoms with Gasteiger partial charge in [-0.15, -0.1) is 11.3 Å². The summed E-state index contributed by atoms with van der Waals surface area (Å²) in [5.74, 6) is -0.0418. The van der Waals surface area contributed by atoms with E-state index in [1.807, 2.05) is 43.5 Å². The van der Waals surface area contributed by atoms with Crippen LogP contribution < -0.4 is 5.73 Å². The first-order chi connectivity index (χ1) is 9.56. The molecule has 0 fully saturated rings. The van der Waals surface area contributed by atoms with E-state index in [1.54, 1.807) is 23.3 Å². The van der Waals surface area contributed by atoms with Crippen LogP contribution in [0.1, 0.15) is 15.4 Å². The number of likely N-dealkylation sites (N-methyl/N-ethyl adjacent to an activating group) is 1. The number of benzene rings is 1. The molecule has 2 rings (SSSR count). The molecule has 0 saturated carbocycles. The van der Waals surface area contributed by atoms with Crippen molar-refractivity contribution in [1.82, 2.24) is 9.88 Å². The first-order valence-corrected chi connectivity index (χ1v) is 7.33. The Labute approximate surface area is 123 Å². The van der Waals surface area contributed by atoms with E-state index < -0.39 is 6.04 Å². The van der Waals surface area contributed by atoms with Gasteiger partial charge in [-0.1, -0.05) is 30.3 Å². The van der Waals surface area contributed by atoms with Gasteiger partial charge in [-0.2, -0.15) is 0 Å². The second-order valence-electron chi connectivity index (χ2n) is 4.84. The van der Waals surface area contributed by atoms with Gasteiger partial charge in [-0.3, -0.25) is 4.79 Å². The van der Waals surface area contributed by atoms with Crippen LogP contribution in [-0.2, 0) is 17.8 Å². The molecule has 2 N–H and O–H groups in total. The van der Waals surface area contributed by atoms with Crippen molar-refractivity contribution in [2.45, 2.75) is 25.9 Å². The maximum atomic E-state index is 12.2. The van der Waals surface area contributed by atoms with E-state index in [-0.39, 0.29) is 5.91 Å². The van der Waals surface area contributed by atoms with Gasteiger partial charge in [0.25, 0.3) is 0 Å². The second kappa shape index (κ2) is 6.63. The molecule has 1 atom stereocenters. The van der Waals surface area contributed by atoms with Crippen molar-refractivity contribution in [1.29, 1.82) is 0 Å². The van der Waals surface area contributed by atoms with E-state index in [1.165, 1.54) is 0 Å². The van der Waals surface area contributed by atoms with Gasteiger partial charge < -0.3 is 10.6 Å². The Morgan fingerprint density at radius 1 is 1.40 bits per heavy atom. The quantitative estimate of drug-likeness (QED) is 0.915. The third-order valence-corrected chi connectivity index (χ3v) is 3.95. The zero-order chi connectivity index (χ0) is 14.5. The lowest BCUT2D eigenvalue weighted by atomic mass is 10.1. The Morgan fingerprint density at radius 2 is 2.10 bits per heavy atom. The van der Waals surface area contributed by atoms with Gasteiger partial charge in [-0.05, 0) is 18.9 Å². The van der Waals surface area contributed by atoms with Crippen LogP contribution >= 0.6 is 11.3 Å². The van der Waals surface area contributed by atoms with Gasteiger partial charge in [0.15, 0.2) is 0 Å². The average Bonchev–Trinajstić information content (AvgIpc) is 2.84. The maximum Gasteiger partial charge on any atom is 0.239 e. The van der Waals surface area contributed by atoms with E-state index in [0.717, 1.165) is 15.4 Å². The Bertz CT molecular complexity index is 568. The topological polar surface area (TPSA) is 59.2 Å². The minimum atomic E-state index is -0.503. The fourth-order valence-corrected chi connectivity index (χ4v) is 2.88. The number of hydrogen-bond acceptors (Lipinski definition) is 4. The summed E-state index contributed by atoms with van der Waals surface area (Å²) in [6, 6.07) is 9.33. The van der Waals surface area contributed by atoms with Crippen LogP contribution in [0.3, 0.4) is 0 Å². The number of aromatic nitrogens is 1. The zero-order valence-electron chi connectivity index (χ0n) is 11.7. The molecule has 1 aromatic heterocycles. The Morgan fingerprint density at radius 3 is 2.70 bits per heavy atom. The molecule has 1 unspecified atom stereocenters. The highest BCUT2D eigenvalue weighted by Gasteiger charge is 2.19. The number of carbonyl (C=O) groups is 1. The third kappa shape index (κ3) is 3.88. The van der Waals surface area contributed by atoms with Gasteiger partial charge >= 0.3 is 0 Å². The maximum absolute atomic E-state index is 12.2. The molecule has 0 bridgehead atoms. The minimum absolute atomic E-state index is 0.0418. The van der Waals surface area contributed by atoms with Crippen LogP contribution in [0, 0.1) is 6.92 Å². The smallest absolute Gasteiger partial charge is 0.239 e. The fourth-order valence-electron chi connectivity index (χ4n) is 2.03. The highest BCUT2D eigenvalue weighted by Crippen LogP contribution is 2.14. The van der Waals surface area contributed by atoms with E-state index >= 15 is 0 Å². The molecule has 106 valence electrons. The summed E-state index contributed by atoms with van der Waals surface area (Å²) in [7, 11) is 1.78. The van der Waals surface area contributed by atoms with Crippen molar-refractivity contribution in [3.05, 3.63) is 52.0 Å². The molecule has 0 aliphatic rings. The molecular weight excluding hydrogens is 270 g/mol. The summed E-state index contributed by atoms with van der Waals surface area (Å²) in [4.78, 5) is 19.2. The fraction of sp³-hybridized carbons (Fsp3) is 0.333. The number of thiazole rings is 1. The number of rotatable bonds is 5. The van der Waals surface area contributed by atoms with Gasteiger partial charge in [0.05, 0.1) is 17.6 Å². The summed E-state index contributed by atoms with van der Waals surface area (Å²) in [6.07, 6.45) is 2.37. The molecule has 1 aromatic carbocycles. The largest absolute Gasteiger partial charge is 0.339 e. The number of aryl methyl sites for hydroxylation is 1. The number of carbonyl (C=O) groups excluding carboxylic acids is 1. The average molecular weight is 289 g/mol. The van der Waals surface area contributed by atoms with E-state index in [4.69, 9.17) is 5.73 Å². The highest BCUT2D eigenvalue weighted by molar-refractivity contribution is 7.11. The molecule has 5 heteroatoms. The lowest BCUT2D eigenvalue weighted by molar-refractivity contribution is -0.131. The number of nitrogens with two attached hydrogens (primary N) is 1. The monoisotopic (exact) mass is 289 g/mol. The second-order valence-corrected chi connectivity index (χ2v) is 6.16. The van der Waals surface area contributed by atoms with Crippen LogP contribution in [-0.4, -0.2) is 28.9 Å². The Kier molecular flexibility index (Phi) is 4.87. The van der Waals surface area contributed by atoms with Gasteiger partial charge in [0.2, 0.25) is 5.91 Å². The first kappa shape index (κ1) is 14.7. The molecule has 4 nitrogen and oxygen atoms in total. The van der Waals surface area contributed by atoms with Crippen molar-refractivity contribution in [2.24, 2.45) is 5.73 Å². The zero-order valence-corrected chi connectivity index (χ0v) is 12.6. The number of amides is 1. The molecule has 0 saturated heterocycles. The SMILES string of the molecule is Cc1ncc(CN(C)C(=O)C(N)Cc2ccccc2)s1. The summed E-state index contributed by atoms with van der Waals surface area (Å²) in [5.41, 5.74) is 7.08. The standard InChI is InChI=1S/C15H19N3OS/c1-11-17-9-13(20-11)10-18(2)15(19)14(16)8-12-6-4-3-5-7-12/h3-7,9,14H,8,10,16H2,1-2H3. The molecule has 0 spiro atoms. The predicted octanol–water partition coefficient (Wildman–Crippen LogP) is 1.98. The molecule has 2 aromatic rings. The molecule has 0 radical (unpaired) electrons. The molecule has 1 amide bonds. The van der Waals surface area contributed by atoms with Crippen molar-refractivity contribution in [3.8, 4) is 0 Å². The van der Waals surface area contributed by atoms with Crippen molar-refractivity contribution < 1.29 is 4.79 Å². The predicted molar refractivity (Wildman–Crippen MR) is 81.4 cm³/mol. The third-order valence-electron chi connectivity index (χ3n) is 3.05. The van der Waals surface area contributed by atoms with Crippen LogP contribution in [0.15, 0.2) is 36.5 Å². The number of nitrogens with zero attached hydrogens (tertiary/aromatic N) is 2. The van der Waals surface area contributed by atoms with Crippen LogP contribution in [0.5, 0.6) is 0 Å².